The van der Waals surface area contributed by atoms with Crippen LogP contribution in [-0.4, -0.2) is 57.2 Å². The lowest BCUT2D eigenvalue weighted by atomic mass is 10.2. The number of H-pyrrole nitrogens is 1. The van der Waals surface area contributed by atoms with Gasteiger partial charge in [0.05, 0.1) is 18.4 Å². The van der Waals surface area contributed by atoms with Gasteiger partial charge in [-0.2, -0.15) is 0 Å². The number of carbonyl (C=O) groups is 3. The normalized spacial score (nSPS) is 11.8. The first-order chi connectivity index (χ1) is 9.49. The number of carboxylic acid groups (broad SMARTS) is 2. The number of imidazole rings is 1. The molecule has 0 saturated heterocycles. The maximum absolute atomic E-state index is 11.4. The first kappa shape index (κ1) is 15.6. The molecule has 1 unspecified atom stereocenters. The molecule has 0 radical (unpaired) electrons. The van der Waals surface area contributed by atoms with E-state index in [0.29, 0.717) is 13.0 Å². The van der Waals surface area contributed by atoms with Crippen molar-refractivity contribution in [2.75, 3.05) is 13.1 Å². The largest absolute Gasteiger partial charge is 0.480 e. The molecule has 5 N–H and O–H groups in total. The molecular formula is C11H16N4O5. The molecule has 9 nitrogen and oxygen atoms in total. The van der Waals surface area contributed by atoms with Gasteiger partial charge in [0.15, 0.2) is 0 Å². The van der Waals surface area contributed by atoms with Gasteiger partial charge in [0, 0.05) is 19.2 Å². The van der Waals surface area contributed by atoms with Gasteiger partial charge in [0.25, 0.3) is 0 Å². The van der Waals surface area contributed by atoms with Crippen molar-refractivity contribution < 1.29 is 24.6 Å². The van der Waals surface area contributed by atoms with Crippen molar-refractivity contribution in [3.63, 3.8) is 0 Å². The minimum Gasteiger partial charge on any atom is -0.480 e. The summed E-state index contributed by atoms with van der Waals surface area (Å²) in [7, 11) is 0. The van der Waals surface area contributed by atoms with Crippen LogP contribution >= 0.6 is 0 Å². The third kappa shape index (κ3) is 5.96. The van der Waals surface area contributed by atoms with E-state index in [1.165, 1.54) is 6.33 Å². The molecule has 0 aromatic carbocycles. The van der Waals surface area contributed by atoms with E-state index in [2.05, 4.69) is 20.6 Å². The average molecular weight is 284 g/mol. The SMILES string of the molecule is O=C(O)CNC(=O)CC(NCCc1c[nH]cn1)C(=O)O. The van der Waals surface area contributed by atoms with E-state index in [0.717, 1.165) is 5.69 Å². The van der Waals surface area contributed by atoms with Crippen LogP contribution < -0.4 is 10.6 Å². The summed E-state index contributed by atoms with van der Waals surface area (Å²) in [6.07, 6.45) is 3.40. The van der Waals surface area contributed by atoms with E-state index in [-0.39, 0.29) is 6.42 Å². The number of nitrogens with one attached hydrogen (secondary N) is 3. The highest BCUT2D eigenvalue weighted by atomic mass is 16.4. The summed E-state index contributed by atoms with van der Waals surface area (Å²) in [5, 5.41) is 22.2. The number of hydrogen-bond acceptors (Lipinski definition) is 5. The second kappa shape index (κ2) is 7.89. The van der Waals surface area contributed by atoms with Crippen LogP contribution in [0.3, 0.4) is 0 Å². The zero-order chi connectivity index (χ0) is 15.0. The van der Waals surface area contributed by atoms with E-state index < -0.39 is 30.4 Å². The molecule has 1 rings (SSSR count). The average Bonchev–Trinajstić information content (AvgIpc) is 2.88. The highest BCUT2D eigenvalue weighted by Gasteiger charge is 2.20. The summed E-state index contributed by atoms with van der Waals surface area (Å²) < 4.78 is 0. The van der Waals surface area contributed by atoms with Crippen LogP contribution in [0.15, 0.2) is 12.5 Å². The zero-order valence-electron chi connectivity index (χ0n) is 10.6. The van der Waals surface area contributed by atoms with Crippen molar-refractivity contribution >= 4 is 17.8 Å². The van der Waals surface area contributed by atoms with Crippen molar-refractivity contribution in [1.82, 2.24) is 20.6 Å². The third-order valence-electron chi connectivity index (χ3n) is 2.45. The predicted octanol–water partition coefficient (Wildman–Crippen LogP) is -1.41. The van der Waals surface area contributed by atoms with E-state index in [4.69, 9.17) is 10.2 Å². The Morgan fingerprint density at radius 3 is 2.65 bits per heavy atom. The van der Waals surface area contributed by atoms with E-state index in [9.17, 15) is 14.4 Å². The summed E-state index contributed by atoms with van der Waals surface area (Å²) in [6.45, 7) is -0.188. The summed E-state index contributed by atoms with van der Waals surface area (Å²) in [4.78, 5) is 39.4. The monoisotopic (exact) mass is 284 g/mol. The molecule has 20 heavy (non-hydrogen) atoms. The number of aromatic nitrogens is 2. The number of carboxylic acids is 2. The first-order valence-corrected chi connectivity index (χ1v) is 5.91. The molecule has 1 atom stereocenters. The molecule has 0 bridgehead atoms. The quantitative estimate of drug-likeness (QED) is 0.374. The topological polar surface area (TPSA) is 144 Å². The number of aliphatic carboxylic acids is 2. The fourth-order valence-corrected chi connectivity index (χ4v) is 1.48. The Hall–Kier alpha value is -2.42. The Bertz CT molecular complexity index is 459. The van der Waals surface area contributed by atoms with Gasteiger partial charge in [0.1, 0.15) is 12.6 Å². The summed E-state index contributed by atoms with van der Waals surface area (Å²) >= 11 is 0. The van der Waals surface area contributed by atoms with Gasteiger partial charge in [-0.1, -0.05) is 0 Å². The lowest BCUT2D eigenvalue weighted by Crippen LogP contribution is -2.42. The van der Waals surface area contributed by atoms with Gasteiger partial charge < -0.3 is 25.8 Å². The molecule has 0 fully saturated rings. The smallest absolute Gasteiger partial charge is 0.322 e. The number of nitrogens with zero attached hydrogens (tertiary/aromatic N) is 1. The Morgan fingerprint density at radius 1 is 1.35 bits per heavy atom. The van der Waals surface area contributed by atoms with Gasteiger partial charge >= 0.3 is 11.9 Å². The molecule has 0 aliphatic heterocycles. The number of amides is 1. The minimum atomic E-state index is -1.18. The minimum absolute atomic E-state index is 0.330. The van der Waals surface area contributed by atoms with Crippen LogP contribution in [-0.2, 0) is 20.8 Å². The maximum Gasteiger partial charge on any atom is 0.322 e. The molecule has 1 aromatic heterocycles. The van der Waals surface area contributed by atoms with E-state index in [1.807, 2.05) is 0 Å². The molecule has 1 heterocycles. The maximum atomic E-state index is 11.4. The van der Waals surface area contributed by atoms with Crippen LogP contribution in [0.1, 0.15) is 12.1 Å². The van der Waals surface area contributed by atoms with Crippen LogP contribution in [0.25, 0.3) is 0 Å². The molecule has 0 aliphatic rings. The lowest BCUT2D eigenvalue weighted by molar-refractivity contribution is -0.141. The van der Waals surface area contributed by atoms with Crippen molar-refractivity contribution in [2.24, 2.45) is 0 Å². The Balaban J connectivity index is 2.34. The van der Waals surface area contributed by atoms with Gasteiger partial charge in [-0.15, -0.1) is 0 Å². The van der Waals surface area contributed by atoms with Crippen LogP contribution in [0, 0.1) is 0 Å². The number of rotatable bonds is 9. The lowest BCUT2D eigenvalue weighted by Gasteiger charge is -2.13. The molecular weight excluding hydrogens is 268 g/mol. The predicted molar refractivity (Wildman–Crippen MR) is 67.0 cm³/mol. The van der Waals surface area contributed by atoms with Crippen LogP contribution in [0.4, 0.5) is 0 Å². The van der Waals surface area contributed by atoms with Gasteiger partial charge in [-0.3, -0.25) is 14.4 Å². The fraction of sp³-hybridized carbons (Fsp3) is 0.455. The van der Waals surface area contributed by atoms with Crippen LogP contribution in [0.5, 0.6) is 0 Å². The van der Waals surface area contributed by atoms with Crippen molar-refractivity contribution in [2.45, 2.75) is 18.9 Å². The fourth-order valence-electron chi connectivity index (χ4n) is 1.48. The molecule has 0 spiro atoms. The van der Waals surface area contributed by atoms with Crippen LogP contribution in [0.2, 0.25) is 0 Å². The van der Waals surface area contributed by atoms with E-state index in [1.54, 1.807) is 6.20 Å². The summed E-state index contributed by atoms with van der Waals surface area (Å²) in [6, 6.07) is -1.07. The highest BCUT2D eigenvalue weighted by molar-refractivity contribution is 5.86. The zero-order valence-corrected chi connectivity index (χ0v) is 10.6. The number of aromatic amines is 1. The molecule has 110 valence electrons. The Morgan fingerprint density at radius 2 is 2.10 bits per heavy atom. The van der Waals surface area contributed by atoms with Crippen molar-refractivity contribution in [3.05, 3.63) is 18.2 Å². The molecule has 0 aliphatic carbocycles. The molecule has 1 aromatic rings. The summed E-state index contributed by atoms with van der Waals surface area (Å²) in [5.41, 5.74) is 0.775. The number of hydrogen-bond donors (Lipinski definition) is 5. The third-order valence-corrected chi connectivity index (χ3v) is 2.45. The molecule has 9 heteroatoms. The van der Waals surface area contributed by atoms with Gasteiger partial charge in [-0.05, 0) is 0 Å². The summed E-state index contributed by atoms with van der Waals surface area (Å²) in [5.74, 6) is -2.98. The Kier molecular flexibility index (Phi) is 6.17. The van der Waals surface area contributed by atoms with Crippen molar-refractivity contribution in [3.8, 4) is 0 Å². The van der Waals surface area contributed by atoms with E-state index >= 15 is 0 Å². The van der Waals surface area contributed by atoms with Gasteiger partial charge in [-0.25, -0.2) is 4.98 Å². The second-order valence-corrected chi connectivity index (χ2v) is 4.03. The number of carbonyl (C=O) groups excluding carboxylic acids is 1. The highest BCUT2D eigenvalue weighted by Crippen LogP contribution is 1.96. The molecule has 0 saturated carbocycles. The Labute approximate surface area is 114 Å². The second-order valence-electron chi connectivity index (χ2n) is 4.03. The van der Waals surface area contributed by atoms with Crippen molar-refractivity contribution in [1.29, 1.82) is 0 Å². The van der Waals surface area contributed by atoms with Gasteiger partial charge in [0.2, 0.25) is 5.91 Å². The standard InChI is InChI=1S/C11H16N4O5/c16-9(14-5-10(17)18)3-8(11(19)20)13-2-1-7-4-12-6-15-7/h4,6,8,13H,1-3,5H2,(H,12,15)(H,14,16)(H,17,18)(H,19,20). The first-order valence-electron chi connectivity index (χ1n) is 5.91. The molecule has 1 amide bonds.